The van der Waals surface area contributed by atoms with E-state index in [1.165, 1.54) is 51.4 Å². The molecule has 0 aromatic carbocycles. The molecule has 0 rings (SSSR count). The third kappa shape index (κ3) is 14.3. The summed E-state index contributed by atoms with van der Waals surface area (Å²) in [5, 5.41) is 19.5. The van der Waals surface area contributed by atoms with E-state index >= 15 is 0 Å². The second-order valence-electron chi connectivity index (χ2n) is 6.29. The summed E-state index contributed by atoms with van der Waals surface area (Å²) in [6.45, 7) is 4.34. The van der Waals surface area contributed by atoms with Gasteiger partial charge in [-0.05, 0) is 25.7 Å². The Labute approximate surface area is 127 Å². The van der Waals surface area contributed by atoms with Crippen molar-refractivity contribution in [2.75, 3.05) is 0 Å². The fourth-order valence-corrected chi connectivity index (χ4v) is 2.70. The molecule has 2 N–H and O–H groups in total. The average Bonchev–Trinajstić information content (AvgIpc) is 2.43. The highest BCUT2D eigenvalue weighted by molar-refractivity contribution is 4.61. The van der Waals surface area contributed by atoms with E-state index in [9.17, 15) is 10.2 Å². The monoisotopic (exact) mass is 286 g/mol. The van der Waals surface area contributed by atoms with E-state index < -0.39 is 0 Å². The Bertz CT molecular complexity index is 182. The topological polar surface area (TPSA) is 40.5 Å². The van der Waals surface area contributed by atoms with Crippen LogP contribution in [-0.2, 0) is 0 Å². The molecule has 0 amide bonds. The van der Waals surface area contributed by atoms with Crippen molar-refractivity contribution >= 4 is 0 Å². The van der Waals surface area contributed by atoms with Crippen LogP contribution in [0, 0.1) is 0 Å². The zero-order valence-corrected chi connectivity index (χ0v) is 13.9. The Morgan fingerprint density at radius 1 is 0.500 bits per heavy atom. The Morgan fingerprint density at radius 2 is 0.950 bits per heavy atom. The summed E-state index contributed by atoms with van der Waals surface area (Å²) >= 11 is 0. The molecule has 0 aromatic rings. The van der Waals surface area contributed by atoms with Gasteiger partial charge in [-0.1, -0.05) is 78.1 Å². The number of aliphatic hydroxyl groups excluding tert-OH is 2. The largest absolute Gasteiger partial charge is 0.393 e. The van der Waals surface area contributed by atoms with Gasteiger partial charge in [0, 0.05) is 0 Å². The van der Waals surface area contributed by atoms with Crippen LogP contribution in [0.2, 0.25) is 0 Å². The highest BCUT2D eigenvalue weighted by atomic mass is 16.3. The molecular weight excluding hydrogens is 248 g/mol. The van der Waals surface area contributed by atoms with E-state index in [0.717, 1.165) is 38.5 Å². The SMILES string of the molecule is CCCCCCCCCCCC(O)CCC(O)CCC. The van der Waals surface area contributed by atoms with E-state index in [2.05, 4.69) is 13.8 Å². The Morgan fingerprint density at radius 3 is 1.45 bits per heavy atom. The van der Waals surface area contributed by atoms with Crippen LogP contribution >= 0.6 is 0 Å². The number of hydrogen-bond acceptors (Lipinski definition) is 2. The van der Waals surface area contributed by atoms with Crippen LogP contribution in [0.15, 0.2) is 0 Å². The number of rotatable bonds is 15. The first-order valence-electron chi connectivity index (χ1n) is 9.06. The number of aliphatic hydroxyl groups is 2. The van der Waals surface area contributed by atoms with E-state index in [0.29, 0.717) is 0 Å². The van der Waals surface area contributed by atoms with Crippen molar-refractivity contribution in [3.05, 3.63) is 0 Å². The molecule has 0 heterocycles. The lowest BCUT2D eigenvalue weighted by Gasteiger charge is -2.13. The van der Waals surface area contributed by atoms with Gasteiger partial charge in [0.2, 0.25) is 0 Å². The van der Waals surface area contributed by atoms with Crippen molar-refractivity contribution in [3.8, 4) is 0 Å². The maximum atomic E-state index is 9.85. The molecule has 122 valence electrons. The third-order valence-corrected chi connectivity index (χ3v) is 4.10. The summed E-state index contributed by atoms with van der Waals surface area (Å²) < 4.78 is 0. The molecule has 2 atom stereocenters. The first-order chi connectivity index (χ1) is 9.70. The molecule has 2 heteroatoms. The summed E-state index contributed by atoms with van der Waals surface area (Å²) in [7, 11) is 0. The molecule has 2 nitrogen and oxygen atoms in total. The quantitative estimate of drug-likeness (QED) is 0.406. The van der Waals surface area contributed by atoms with Crippen LogP contribution in [0.4, 0.5) is 0 Å². The first-order valence-corrected chi connectivity index (χ1v) is 9.06. The van der Waals surface area contributed by atoms with E-state index in [-0.39, 0.29) is 12.2 Å². The predicted octanol–water partition coefficient (Wildman–Crippen LogP) is 5.21. The van der Waals surface area contributed by atoms with E-state index in [1.54, 1.807) is 0 Å². The molecule has 0 fully saturated rings. The van der Waals surface area contributed by atoms with Crippen molar-refractivity contribution in [2.24, 2.45) is 0 Å². The first kappa shape index (κ1) is 19.9. The van der Waals surface area contributed by atoms with Crippen molar-refractivity contribution in [3.63, 3.8) is 0 Å². The molecule has 0 aliphatic heterocycles. The number of hydrogen-bond donors (Lipinski definition) is 2. The summed E-state index contributed by atoms with van der Waals surface area (Å²) in [5.74, 6) is 0. The van der Waals surface area contributed by atoms with Gasteiger partial charge in [-0.15, -0.1) is 0 Å². The summed E-state index contributed by atoms with van der Waals surface area (Å²) in [5.41, 5.74) is 0. The van der Waals surface area contributed by atoms with Crippen LogP contribution in [-0.4, -0.2) is 22.4 Å². The highest BCUT2D eigenvalue weighted by Gasteiger charge is 2.08. The zero-order valence-electron chi connectivity index (χ0n) is 13.9. The normalized spacial score (nSPS) is 14.4. The predicted molar refractivity (Wildman–Crippen MR) is 88.0 cm³/mol. The van der Waals surface area contributed by atoms with Crippen molar-refractivity contribution < 1.29 is 10.2 Å². The van der Waals surface area contributed by atoms with Gasteiger partial charge in [-0.25, -0.2) is 0 Å². The molecular formula is C18H38O2. The molecule has 0 saturated heterocycles. The lowest BCUT2D eigenvalue weighted by atomic mass is 10.0. The molecule has 20 heavy (non-hydrogen) atoms. The molecule has 0 aromatic heterocycles. The average molecular weight is 287 g/mol. The molecule has 2 unspecified atom stereocenters. The fourth-order valence-electron chi connectivity index (χ4n) is 2.70. The lowest BCUT2D eigenvalue weighted by molar-refractivity contribution is 0.102. The van der Waals surface area contributed by atoms with Crippen LogP contribution in [0.1, 0.15) is 104 Å². The van der Waals surface area contributed by atoms with Gasteiger partial charge in [-0.2, -0.15) is 0 Å². The Balaban J connectivity index is 3.20. The van der Waals surface area contributed by atoms with Gasteiger partial charge >= 0.3 is 0 Å². The van der Waals surface area contributed by atoms with Gasteiger partial charge in [0.15, 0.2) is 0 Å². The smallest absolute Gasteiger partial charge is 0.0541 e. The minimum Gasteiger partial charge on any atom is -0.393 e. The van der Waals surface area contributed by atoms with Gasteiger partial charge in [0.25, 0.3) is 0 Å². The standard InChI is InChI=1S/C18H38O2/c1-3-5-6-7-8-9-10-11-12-14-18(20)16-15-17(19)13-4-2/h17-20H,3-16H2,1-2H3. The summed E-state index contributed by atoms with van der Waals surface area (Å²) in [4.78, 5) is 0. The van der Waals surface area contributed by atoms with Crippen LogP contribution < -0.4 is 0 Å². The van der Waals surface area contributed by atoms with Crippen LogP contribution in [0.3, 0.4) is 0 Å². The fraction of sp³-hybridized carbons (Fsp3) is 1.00. The summed E-state index contributed by atoms with van der Waals surface area (Å²) in [6, 6.07) is 0. The molecule has 0 aliphatic rings. The minimum atomic E-state index is -0.210. The van der Waals surface area contributed by atoms with E-state index in [1.807, 2.05) is 0 Å². The van der Waals surface area contributed by atoms with Crippen molar-refractivity contribution in [1.82, 2.24) is 0 Å². The van der Waals surface area contributed by atoms with Crippen LogP contribution in [0.5, 0.6) is 0 Å². The molecule has 0 spiro atoms. The van der Waals surface area contributed by atoms with E-state index in [4.69, 9.17) is 0 Å². The molecule has 0 saturated carbocycles. The zero-order chi connectivity index (χ0) is 15.1. The molecule has 0 radical (unpaired) electrons. The Kier molecular flexibility index (Phi) is 15.3. The second-order valence-corrected chi connectivity index (χ2v) is 6.29. The Hall–Kier alpha value is -0.0800. The minimum absolute atomic E-state index is 0.203. The summed E-state index contributed by atoms with van der Waals surface area (Å²) in [6.07, 6.45) is 15.9. The highest BCUT2D eigenvalue weighted by Crippen LogP contribution is 2.14. The van der Waals surface area contributed by atoms with Crippen molar-refractivity contribution in [2.45, 2.75) is 116 Å². The van der Waals surface area contributed by atoms with Gasteiger partial charge in [-0.3, -0.25) is 0 Å². The van der Waals surface area contributed by atoms with Crippen molar-refractivity contribution in [1.29, 1.82) is 0 Å². The lowest BCUT2D eigenvalue weighted by Crippen LogP contribution is -2.13. The van der Waals surface area contributed by atoms with Crippen LogP contribution in [0.25, 0.3) is 0 Å². The van der Waals surface area contributed by atoms with Gasteiger partial charge < -0.3 is 10.2 Å². The third-order valence-electron chi connectivity index (χ3n) is 4.10. The molecule has 0 aliphatic carbocycles. The second kappa shape index (κ2) is 15.3. The van der Waals surface area contributed by atoms with Gasteiger partial charge in [0.05, 0.1) is 12.2 Å². The maximum Gasteiger partial charge on any atom is 0.0541 e. The number of unbranched alkanes of at least 4 members (excludes halogenated alkanes) is 8. The van der Waals surface area contributed by atoms with Gasteiger partial charge in [0.1, 0.15) is 0 Å². The molecule has 0 bridgehead atoms. The maximum absolute atomic E-state index is 9.85.